The highest BCUT2D eigenvalue weighted by Crippen LogP contribution is 2.28. The lowest BCUT2D eigenvalue weighted by molar-refractivity contribution is -0.116. The lowest BCUT2D eigenvalue weighted by Crippen LogP contribution is -2.12. The van der Waals surface area contributed by atoms with Crippen LogP contribution in [0.15, 0.2) is 53.9 Å². The number of halogens is 1. The van der Waals surface area contributed by atoms with E-state index in [1.807, 2.05) is 24.3 Å². The van der Waals surface area contributed by atoms with Crippen LogP contribution in [0.4, 0.5) is 5.69 Å². The fourth-order valence-corrected chi connectivity index (χ4v) is 3.83. The maximum Gasteiger partial charge on any atom is 0.224 e. The number of amides is 1. The largest absolute Gasteiger partial charge is 0.495 e. The van der Waals surface area contributed by atoms with Crippen LogP contribution in [0.2, 0.25) is 5.02 Å². The van der Waals surface area contributed by atoms with E-state index in [4.69, 9.17) is 16.3 Å². The van der Waals surface area contributed by atoms with E-state index in [1.165, 1.54) is 11.8 Å². The fourth-order valence-electron chi connectivity index (χ4n) is 2.90. The Morgan fingerprint density at radius 3 is 3.00 bits per heavy atom. The monoisotopic (exact) mass is 427 g/mol. The van der Waals surface area contributed by atoms with Crippen molar-refractivity contribution < 1.29 is 9.53 Å². The summed E-state index contributed by atoms with van der Waals surface area (Å²) in [5, 5.41) is 9.50. The molecule has 1 N–H and O–H groups in total. The Morgan fingerprint density at radius 1 is 1.28 bits per heavy atom. The van der Waals surface area contributed by atoms with Gasteiger partial charge in [-0.25, -0.2) is 14.5 Å². The molecule has 4 rings (SSSR count). The standard InChI is InChI=1S/C20H18ClN5O2S/c1-28-17-11-13(21)8-9-16(17)23-18(27)7-4-10-29-20-24-19-14-5-2-3-6-15(14)22-12-26(19)25-20/h2-3,5-6,8-9,11-12H,4,7,10H2,1H3,(H,23,27). The number of carbonyl (C=O) groups excluding carboxylic acids is 1. The Kier molecular flexibility index (Phi) is 5.82. The molecular weight excluding hydrogens is 410 g/mol. The lowest BCUT2D eigenvalue weighted by Gasteiger charge is -2.10. The number of ether oxygens (including phenoxy) is 1. The summed E-state index contributed by atoms with van der Waals surface area (Å²) in [4.78, 5) is 21.2. The molecule has 0 aliphatic heterocycles. The quantitative estimate of drug-likeness (QED) is 0.346. The van der Waals surface area contributed by atoms with E-state index in [0.717, 1.165) is 22.3 Å². The molecule has 0 bridgehead atoms. The molecule has 0 spiro atoms. The number of rotatable bonds is 7. The van der Waals surface area contributed by atoms with Gasteiger partial charge in [0.1, 0.15) is 12.1 Å². The number of benzene rings is 2. The first-order chi connectivity index (χ1) is 14.1. The molecule has 2 aromatic carbocycles. The summed E-state index contributed by atoms with van der Waals surface area (Å²) in [5.74, 6) is 1.19. The number of anilines is 1. The van der Waals surface area contributed by atoms with Crippen molar-refractivity contribution in [3.8, 4) is 5.75 Å². The topological polar surface area (TPSA) is 81.4 Å². The third kappa shape index (κ3) is 4.44. The molecule has 0 aliphatic carbocycles. The number of carbonyl (C=O) groups is 1. The van der Waals surface area contributed by atoms with Gasteiger partial charge in [0.15, 0.2) is 5.65 Å². The van der Waals surface area contributed by atoms with Gasteiger partial charge in [-0.05, 0) is 30.7 Å². The number of para-hydroxylation sites is 1. The third-order valence-corrected chi connectivity index (χ3v) is 5.44. The van der Waals surface area contributed by atoms with E-state index in [0.29, 0.717) is 34.5 Å². The highest BCUT2D eigenvalue weighted by Gasteiger charge is 2.10. The van der Waals surface area contributed by atoms with Gasteiger partial charge in [-0.2, -0.15) is 0 Å². The molecule has 0 radical (unpaired) electrons. The zero-order chi connectivity index (χ0) is 20.2. The SMILES string of the molecule is COc1cc(Cl)ccc1NC(=O)CCCSc1nc2c3ccccc3ncn2n1. The molecule has 0 atom stereocenters. The molecular formula is C20H18ClN5O2S. The first-order valence-electron chi connectivity index (χ1n) is 9.00. The van der Waals surface area contributed by atoms with Crippen LogP contribution in [0.25, 0.3) is 16.6 Å². The van der Waals surface area contributed by atoms with Crippen LogP contribution in [0.3, 0.4) is 0 Å². The third-order valence-electron chi connectivity index (χ3n) is 4.28. The molecule has 29 heavy (non-hydrogen) atoms. The van der Waals surface area contributed by atoms with Gasteiger partial charge in [-0.3, -0.25) is 4.79 Å². The second kappa shape index (κ2) is 8.67. The van der Waals surface area contributed by atoms with Crippen LogP contribution < -0.4 is 10.1 Å². The zero-order valence-electron chi connectivity index (χ0n) is 15.6. The first kappa shape index (κ1) is 19.5. The van der Waals surface area contributed by atoms with Crippen molar-refractivity contribution in [1.82, 2.24) is 19.6 Å². The Balaban J connectivity index is 1.32. The summed E-state index contributed by atoms with van der Waals surface area (Å²) in [6.45, 7) is 0. The maximum absolute atomic E-state index is 12.2. The van der Waals surface area contributed by atoms with Crippen LogP contribution >= 0.6 is 23.4 Å². The number of thioether (sulfide) groups is 1. The van der Waals surface area contributed by atoms with Gasteiger partial charge in [-0.1, -0.05) is 35.5 Å². The molecule has 2 aromatic heterocycles. The van der Waals surface area contributed by atoms with Gasteiger partial charge in [0.25, 0.3) is 0 Å². The molecule has 1 amide bonds. The zero-order valence-corrected chi connectivity index (χ0v) is 17.2. The van der Waals surface area contributed by atoms with Crippen molar-refractivity contribution >= 4 is 51.5 Å². The smallest absolute Gasteiger partial charge is 0.224 e. The normalized spacial score (nSPS) is 11.1. The number of methoxy groups -OCH3 is 1. The van der Waals surface area contributed by atoms with Crippen molar-refractivity contribution in [1.29, 1.82) is 0 Å². The molecule has 2 heterocycles. The number of hydrogen-bond donors (Lipinski definition) is 1. The van der Waals surface area contributed by atoms with Gasteiger partial charge in [0.2, 0.25) is 11.1 Å². The van der Waals surface area contributed by atoms with Gasteiger partial charge in [-0.15, -0.1) is 5.10 Å². The molecule has 0 saturated heterocycles. The van der Waals surface area contributed by atoms with Crippen LogP contribution in [0.5, 0.6) is 5.75 Å². The molecule has 4 aromatic rings. The summed E-state index contributed by atoms with van der Waals surface area (Å²) >= 11 is 7.46. The predicted molar refractivity (Wildman–Crippen MR) is 115 cm³/mol. The number of hydrogen-bond acceptors (Lipinski definition) is 6. The van der Waals surface area contributed by atoms with E-state index in [-0.39, 0.29) is 5.91 Å². The van der Waals surface area contributed by atoms with Crippen molar-refractivity contribution in [2.45, 2.75) is 18.0 Å². The lowest BCUT2D eigenvalue weighted by atomic mass is 10.2. The Morgan fingerprint density at radius 2 is 2.14 bits per heavy atom. The summed E-state index contributed by atoms with van der Waals surface area (Å²) in [7, 11) is 1.54. The molecule has 0 unspecified atom stereocenters. The Hall–Kier alpha value is -2.84. The molecule has 0 fully saturated rings. The van der Waals surface area contributed by atoms with Gasteiger partial charge < -0.3 is 10.1 Å². The summed E-state index contributed by atoms with van der Waals surface area (Å²) in [6, 6.07) is 12.9. The number of fused-ring (bicyclic) bond motifs is 3. The second-order valence-electron chi connectivity index (χ2n) is 6.27. The molecule has 7 nitrogen and oxygen atoms in total. The van der Waals surface area contributed by atoms with Crippen molar-refractivity contribution in [3.63, 3.8) is 0 Å². The summed E-state index contributed by atoms with van der Waals surface area (Å²) in [6.07, 6.45) is 2.75. The van der Waals surface area contributed by atoms with Crippen LogP contribution in [0, 0.1) is 0 Å². The number of aromatic nitrogens is 4. The van der Waals surface area contributed by atoms with Crippen LogP contribution in [-0.2, 0) is 4.79 Å². The van der Waals surface area contributed by atoms with E-state index >= 15 is 0 Å². The number of nitrogens with one attached hydrogen (secondary N) is 1. The van der Waals surface area contributed by atoms with Gasteiger partial charge >= 0.3 is 0 Å². The first-order valence-corrected chi connectivity index (χ1v) is 10.4. The molecule has 0 aliphatic rings. The predicted octanol–water partition coefficient (Wildman–Crippen LogP) is 4.45. The van der Waals surface area contributed by atoms with Crippen molar-refractivity contribution in [3.05, 3.63) is 53.8 Å². The Bertz CT molecular complexity index is 1180. The average molecular weight is 428 g/mol. The van der Waals surface area contributed by atoms with Crippen LogP contribution in [0.1, 0.15) is 12.8 Å². The summed E-state index contributed by atoms with van der Waals surface area (Å²) < 4.78 is 6.93. The highest BCUT2D eigenvalue weighted by molar-refractivity contribution is 7.99. The molecule has 9 heteroatoms. The van der Waals surface area contributed by atoms with Gasteiger partial charge in [0, 0.05) is 28.6 Å². The van der Waals surface area contributed by atoms with Crippen molar-refractivity contribution in [2.24, 2.45) is 0 Å². The van der Waals surface area contributed by atoms with E-state index in [9.17, 15) is 4.79 Å². The number of nitrogens with zero attached hydrogens (tertiary/aromatic N) is 4. The highest BCUT2D eigenvalue weighted by atomic mass is 35.5. The van der Waals surface area contributed by atoms with E-state index in [2.05, 4.69) is 20.4 Å². The second-order valence-corrected chi connectivity index (χ2v) is 7.77. The van der Waals surface area contributed by atoms with Gasteiger partial charge in [0.05, 0.1) is 18.3 Å². The molecule has 148 valence electrons. The summed E-state index contributed by atoms with van der Waals surface area (Å²) in [5.41, 5.74) is 2.28. The minimum absolute atomic E-state index is 0.0793. The van der Waals surface area contributed by atoms with Crippen molar-refractivity contribution in [2.75, 3.05) is 18.2 Å². The minimum atomic E-state index is -0.0793. The average Bonchev–Trinajstić information content (AvgIpc) is 3.16. The maximum atomic E-state index is 12.2. The molecule has 0 saturated carbocycles. The fraction of sp³-hybridized carbons (Fsp3) is 0.200. The Labute approximate surface area is 176 Å². The van der Waals surface area contributed by atoms with Crippen LogP contribution in [-0.4, -0.2) is 38.4 Å². The minimum Gasteiger partial charge on any atom is -0.495 e. The van der Waals surface area contributed by atoms with E-state index in [1.54, 1.807) is 36.2 Å². The van der Waals surface area contributed by atoms with E-state index < -0.39 is 0 Å².